The smallest absolute Gasteiger partial charge is 0.314 e. The van der Waals surface area contributed by atoms with Crippen LogP contribution in [0, 0.1) is 5.41 Å². The number of rotatable bonds is 6. The number of ether oxygens (including phenoxy) is 1. The number of hydrogen-bond acceptors (Lipinski definition) is 4. The van der Waals surface area contributed by atoms with Gasteiger partial charge in [0.25, 0.3) is 10.2 Å². The molecule has 1 aromatic carbocycles. The predicted molar refractivity (Wildman–Crippen MR) is 95.1 cm³/mol. The summed E-state index contributed by atoms with van der Waals surface area (Å²) in [5.41, 5.74) is 0.230. The second-order valence-electron chi connectivity index (χ2n) is 7.11. The molecule has 138 valence electrons. The molecule has 0 unspecified atom stereocenters. The van der Waals surface area contributed by atoms with Gasteiger partial charge < -0.3 is 4.74 Å². The van der Waals surface area contributed by atoms with Gasteiger partial charge in [0.2, 0.25) is 0 Å². The van der Waals surface area contributed by atoms with E-state index in [1.54, 1.807) is 11.2 Å². The zero-order chi connectivity index (χ0) is 18.2. The Morgan fingerprint density at radius 3 is 2.56 bits per heavy atom. The Morgan fingerprint density at radius 2 is 1.96 bits per heavy atom. The first-order valence-corrected chi connectivity index (χ1v) is 10.1. The van der Waals surface area contributed by atoms with E-state index in [0.717, 1.165) is 12.0 Å². The summed E-state index contributed by atoms with van der Waals surface area (Å²) in [6, 6.07) is 9.31. The lowest BCUT2D eigenvalue weighted by atomic mass is 9.70. The molecule has 0 amide bonds. The number of nitrogens with zero attached hydrogens (tertiary/aromatic N) is 2. The maximum Gasteiger partial charge on any atom is 0.314 e. The molecule has 2 fully saturated rings. The molecule has 2 bridgehead atoms. The zero-order valence-corrected chi connectivity index (χ0v) is 15.8. The van der Waals surface area contributed by atoms with Crippen molar-refractivity contribution in [2.75, 3.05) is 20.7 Å². The molecule has 2 heterocycles. The number of esters is 1. The van der Waals surface area contributed by atoms with Crippen LogP contribution in [0.4, 0.5) is 0 Å². The van der Waals surface area contributed by atoms with E-state index in [1.165, 1.54) is 18.4 Å². The van der Waals surface area contributed by atoms with Crippen molar-refractivity contribution in [3.63, 3.8) is 0 Å². The maximum atomic E-state index is 12.9. The van der Waals surface area contributed by atoms with Crippen LogP contribution >= 0.6 is 0 Å². The van der Waals surface area contributed by atoms with E-state index in [4.69, 9.17) is 4.74 Å². The van der Waals surface area contributed by atoms with E-state index < -0.39 is 15.6 Å². The van der Waals surface area contributed by atoms with Crippen LogP contribution in [-0.4, -0.2) is 55.8 Å². The topological polar surface area (TPSA) is 66.9 Å². The summed E-state index contributed by atoms with van der Waals surface area (Å²) in [5, 5.41) is 0. The van der Waals surface area contributed by atoms with Crippen LogP contribution in [0.3, 0.4) is 0 Å². The van der Waals surface area contributed by atoms with Gasteiger partial charge in [0.05, 0.1) is 12.0 Å². The standard InChI is InChI=1S/C18H26N2O4S/c1-4-24-17(21)18(12-14-8-6-5-7-9-14)13-15-10-11-16(18)20(15)25(22,23)19(2)3/h5-9,15-16H,4,10-13H2,1-3H3/t15-,16+,18+/m1/s1. The molecular weight excluding hydrogens is 340 g/mol. The Bertz CT molecular complexity index is 735. The first-order chi connectivity index (χ1) is 11.8. The van der Waals surface area contributed by atoms with Crippen molar-refractivity contribution in [1.29, 1.82) is 0 Å². The van der Waals surface area contributed by atoms with Gasteiger partial charge in [0.15, 0.2) is 0 Å². The SMILES string of the molecule is CCOC(=O)[C@@]1(Cc2ccccc2)C[C@H]2CC[C@@H]1N2S(=O)(=O)N(C)C. The quantitative estimate of drug-likeness (QED) is 0.721. The third kappa shape index (κ3) is 2.98. The Labute approximate surface area is 149 Å². The monoisotopic (exact) mass is 366 g/mol. The molecule has 3 atom stereocenters. The second-order valence-corrected chi connectivity index (χ2v) is 9.16. The maximum absolute atomic E-state index is 12.9. The van der Waals surface area contributed by atoms with Crippen molar-refractivity contribution in [3.8, 4) is 0 Å². The summed E-state index contributed by atoms with van der Waals surface area (Å²) in [6.45, 7) is 2.09. The molecule has 0 aliphatic carbocycles. The lowest BCUT2D eigenvalue weighted by Gasteiger charge is -2.35. The van der Waals surface area contributed by atoms with E-state index in [0.29, 0.717) is 25.9 Å². The average molecular weight is 366 g/mol. The Hall–Kier alpha value is -1.44. The first-order valence-electron chi connectivity index (χ1n) is 8.75. The Balaban J connectivity index is 2.01. The minimum Gasteiger partial charge on any atom is -0.466 e. The number of benzene rings is 1. The van der Waals surface area contributed by atoms with Gasteiger partial charge in [-0.2, -0.15) is 17.0 Å². The van der Waals surface area contributed by atoms with Gasteiger partial charge in [-0.05, 0) is 38.2 Å². The number of hydrogen-bond donors (Lipinski definition) is 0. The molecule has 25 heavy (non-hydrogen) atoms. The highest BCUT2D eigenvalue weighted by Crippen LogP contribution is 2.53. The molecule has 2 saturated heterocycles. The van der Waals surface area contributed by atoms with Gasteiger partial charge in [-0.25, -0.2) is 0 Å². The fourth-order valence-corrected chi connectivity index (χ4v) is 5.94. The second kappa shape index (κ2) is 6.70. The summed E-state index contributed by atoms with van der Waals surface area (Å²) in [7, 11) is -0.489. The molecular formula is C18H26N2O4S. The molecule has 0 saturated carbocycles. The number of fused-ring (bicyclic) bond motifs is 2. The van der Waals surface area contributed by atoms with Crippen LogP contribution in [0.5, 0.6) is 0 Å². The summed E-state index contributed by atoms with van der Waals surface area (Å²) in [5.74, 6) is -0.273. The van der Waals surface area contributed by atoms with Crippen molar-refractivity contribution in [3.05, 3.63) is 35.9 Å². The summed E-state index contributed by atoms with van der Waals surface area (Å²) in [4.78, 5) is 12.9. The lowest BCUT2D eigenvalue weighted by Crippen LogP contribution is -2.49. The van der Waals surface area contributed by atoms with Crippen molar-refractivity contribution < 1.29 is 17.9 Å². The predicted octanol–water partition coefficient (Wildman–Crippen LogP) is 1.82. The molecule has 0 aromatic heterocycles. The largest absolute Gasteiger partial charge is 0.466 e. The Kier molecular flexibility index (Phi) is 4.92. The van der Waals surface area contributed by atoms with Gasteiger partial charge in [0, 0.05) is 26.2 Å². The summed E-state index contributed by atoms with van der Waals surface area (Å²) >= 11 is 0. The van der Waals surface area contributed by atoms with Gasteiger partial charge in [0.1, 0.15) is 0 Å². The van der Waals surface area contributed by atoms with Crippen molar-refractivity contribution in [1.82, 2.24) is 8.61 Å². The van der Waals surface area contributed by atoms with Crippen LogP contribution in [0.1, 0.15) is 31.7 Å². The van der Waals surface area contributed by atoms with Crippen LogP contribution in [0.2, 0.25) is 0 Å². The third-order valence-electron chi connectivity index (χ3n) is 5.45. The highest BCUT2D eigenvalue weighted by Gasteiger charge is 2.64. The molecule has 7 heteroatoms. The minimum atomic E-state index is -3.57. The molecule has 3 rings (SSSR count). The van der Waals surface area contributed by atoms with E-state index in [9.17, 15) is 13.2 Å². The van der Waals surface area contributed by atoms with Crippen LogP contribution in [0.15, 0.2) is 30.3 Å². The van der Waals surface area contributed by atoms with Crippen LogP contribution in [-0.2, 0) is 26.2 Å². The van der Waals surface area contributed by atoms with E-state index in [-0.39, 0.29) is 18.1 Å². The van der Waals surface area contributed by atoms with E-state index in [1.807, 2.05) is 30.3 Å². The average Bonchev–Trinajstić information content (AvgIpc) is 3.13. The molecule has 0 spiro atoms. The fourth-order valence-electron chi connectivity index (χ4n) is 4.38. The van der Waals surface area contributed by atoms with Crippen molar-refractivity contribution in [2.24, 2.45) is 5.41 Å². The fraction of sp³-hybridized carbons (Fsp3) is 0.611. The third-order valence-corrected chi connectivity index (χ3v) is 7.46. The summed E-state index contributed by atoms with van der Waals surface area (Å²) in [6.07, 6.45) is 2.53. The number of carbonyl (C=O) groups excluding carboxylic acids is 1. The number of carbonyl (C=O) groups is 1. The van der Waals surface area contributed by atoms with Crippen LogP contribution < -0.4 is 0 Å². The molecule has 0 N–H and O–H groups in total. The highest BCUT2D eigenvalue weighted by atomic mass is 32.2. The first kappa shape index (κ1) is 18.4. The molecule has 2 aliphatic rings. The molecule has 6 nitrogen and oxygen atoms in total. The van der Waals surface area contributed by atoms with E-state index >= 15 is 0 Å². The van der Waals surface area contributed by atoms with Gasteiger partial charge >= 0.3 is 5.97 Å². The minimum absolute atomic E-state index is 0.134. The van der Waals surface area contributed by atoms with Gasteiger partial charge in [-0.1, -0.05) is 30.3 Å². The van der Waals surface area contributed by atoms with Crippen LogP contribution in [0.25, 0.3) is 0 Å². The molecule has 1 aromatic rings. The zero-order valence-electron chi connectivity index (χ0n) is 15.0. The van der Waals surface area contributed by atoms with Gasteiger partial charge in [-0.3, -0.25) is 4.79 Å². The summed E-state index contributed by atoms with van der Waals surface area (Å²) < 4.78 is 33.8. The highest BCUT2D eigenvalue weighted by molar-refractivity contribution is 7.86. The van der Waals surface area contributed by atoms with Crippen molar-refractivity contribution in [2.45, 2.75) is 44.7 Å². The van der Waals surface area contributed by atoms with E-state index in [2.05, 4.69) is 0 Å². The van der Waals surface area contributed by atoms with Gasteiger partial charge in [-0.15, -0.1) is 0 Å². The lowest BCUT2D eigenvalue weighted by molar-refractivity contribution is -0.157. The normalized spacial score (nSPS) is 29.3. The Morgan fingerprint density at radius 1 is 1.28 bits per heavy atom. The molecule has 0 radical (unpaired) electrons. The van der Waals surface area contributed by atoms with Crippen molar-refractivity contribution >= 4 is 16.2 Å². The molecule has 2 aliphatic heterocycles.